The fraction of sp³-hybridized carbons (Fsp3) is 0.500. The Hall–Kier alpha value is -2.49. The zero-order valence-corrected chi connectivity index (χ0v) is 22.0. The van der Waals surface area contributed by atoms with Gasteiger partial charge in [0.15, 0.2) is 0 Å². The van der Waals surface area contributed by atoms with Crippen molar-refractivity contribution in [2.24, 2.45) is 0 Å². The summed E-state index contributed by atoms with van der Waals surface area (Å²) in [5, 5.41) is 0. The van der Waals surface area contributed by atoms with Gasteiger partial charge < -0.3 is 26.0 Å². The molecule has 2 atom stereocenters. The zero-order chi connectivity index (χ0) is 25.3. The molecule has 186 valence electrons. The van der Waals surface area contributed by atoms with Gasteiger partial charge in [-0.15, -0.1) is 0 Å². The fourth-order valence-corrected chi connectivity index (χ4v) is 4.25. The molecule has 33 heavy (non-hydrogen) atoms. The first-order chi connectivity index (χ1) is 15.3. The van der Waals surface area contributed by atoms with Crippen LogP contribution in [0.15, 0.2) is 36.4 Å². The van der Waals surface area contributed by atoms with Crippen molar-refractivity contribution in [1.29, 1.82) is 0 Å². The highest BCUT2D eigenvalue weighted by molar-refractivity contribution is 7.88. The van der Waals surface area contributed by atoms with E-state index < -0.39 is 10.0 Å². The molecular formula is C24H41N5O3S. The van der Waals surface area contributed by atoms with Gasteiger partial charge in [0.1, 0.15) is 6.23 Å². The van der Waals surface area contributed by atoms with E-state index in [-0.39, 0.29) is 12.4 Å². The van der Waals surface area contributed by atoms with Gasteiger partial charge >= 0.3 is 0 Å². The standard InChI is InChI=1S/C12H21N3O2S.C12H20N2O/c1-5-15(10(3)14-18(4,16)17)11-6-7-12(13)9(2)8-11;1-5-14(10(3)15-4)11-6-7-12(13)9(2)8-11/h6-8,10,14H,5,13H2,1-4H3;6-8,10H,5,13H2,1-4H3. The lowest BCUT2D eigenvalue weighted by molar-refractivity contribution is 0.115. The Bertz CT molecular complexity index is 998. The van der Waals surface area contributed by atoms with Crippen molar-refractivity contribution in [2.75, 3.05) is 47.7 Å². The van der Waals surface area contributed by atoms with E-state index in [1.807, 2.05) is 69.9 Å². The van der Waals surface area contributed by atoms with Crippen LogP contribution < -0.4 is 26.0 Å². The minimum atomic E-state index is -3.22. The summed E-state index contributed by atoms with van der Waals surface area (Å²) in [6.45, 7) is 13.5. The highest BCUT2D eigenvalue weighted by Gasteiger charge is 2.16. The molecule has 0 aliphatic heterocycles. The molecule has 2 aromatic carbocycles. The van der Waals surface area contributed by atoms with Crippen molar-refractivity contribution in [2.45, 2.75) is 53.9 Å². The molecule has 0 aliphatic rings. The first kappa shape index (κ1) is 28.5. The van der Waals surface area contributed by atoms with Gasteiger partial charge in [0.2, 0.25) is 10.0 Å². The minimum Gasteiger partial charge on any atom is -0.399 e. The summed E-state index contributed by atoms with van der Waals surface area (Å²) in [6.07, 6.45) is 0.942. The van der Waals surface area contributed by atoms with Gasteiger partial charge in [0.25, 0.3) is 0 Å². The lowest BCUT2D eigenvalue weighted by Crippen LogP contribution is -2.46. The van der Waals surface area contributed by atoms with E-state index in [9.17, 15) is 8.42 Å². The van der Waals surface area contributed by atoms with E-state index in [1.54, 1.807) is 7.11 Å². The third-order valence-corrected chi connectivity index (χ3v) is 6.25. The molecule has 2 unspecified atom stereocenters. The van der Waals surface area contributed by atoms with Gasteiger partial charge in [-0.3, -0.25) is 0 Å². The van der Waals surface area contributed by atoms with E-state index in [0.29, 0.717) is 6.54 Å². The molecule has 0 fully saturated rings. The Morgan fingerprint density at radius 2 is 1.33 bits per heavy atom. The summed E-state index contributed by atoms with van der Waals surface area (Å²) in [7, 11) is -1.50. The van der Waals surface area contributed by atoms with Crippen LogP contribution in [0.4, 0.5) is 22.7 Å². The summed E-state index contributed by atoms with van der Waals surface area (Å²) in [5.74, 6) is 0. The van der Waals surface area contributed by atoms with Crippen LogP contribution in [0.25, 0.3) is 0 Å². The average molecular weight is 480 g/mol. The first-order valence-corrected chi connectivity index (χ1v) is 13.0. The van der Waals surface area contributed by atoms with E-state index in [2.05, 4.69) is 22.6 Å². The molecule has 0 saturated heterocycles. The molecule has 0 amide bonds. The number of hydrogen-bond acceptors (Lipinski definition) is 7. The number of ether oxygens (including phenoxy) is 1. The first-order valence-electron chi connectivity index (χ1n) is 11.1. The number of nitrogens with two attached hydrogens (primary N) is 2. The number of rotatable bonds is 9. The van der Waals surface area contributed by atoms with Gasteiger partial charge in [0, 0.05) is 42.9 Å². The van der Waals surface area contributed by atoms with Crippen LogP contribution in [0, 0.1) is 13.8 Å². The number of sulfonamides is 1. The number of benzene rings is 2. The van der Waals surface area contributed by atoms with Crippen LogP contribution >= 0.6 is 0 Å². The molecule has 8 nitrogen and oxygen atoms in total. The molecular weight excluding hydrogens is 438 g/mol. The van der Waals surface area contributed by atoms with Crippen molar-refractivity contribution in [1.82, 2.24) is 4.72 Å². The van der Waals surface area contributed by atoms with Gasteiger partial charge in [-0.25, -0.2) is 8.42 Å². The van der Waals surface area contributed by atoms with E-state index in [1.165, 1.54) is 0 Å². The van der Waals surface area contributed by atoms with Crippen LogP contribution in [-0.4, -0.2) is 47.3 Å². The molecule has 0 heterocycles. The Morgan fingerprint density at radius 3 is 1.67 bits per heavy atom. The summed E-state index contributed by atoms with van der Waals surface area (Å²) in [4.78, 5) is 4.15. The van der Waals surface area contributed by atoms with Gasteiger partial charge in [0.05, 0.1) is 12.4 Å². The Balaban J connectivity index is 0.000000335. The summed E-state index contributed by atoms with van der Waals surface area (Å²) in [6, 6.07) is 11.7. The summed E-state index contributed by atoms with van der Waals surface area (Å²) < 4.78 is 30.4. The van der Waals surface area contributed by atoms with Crippen molar-refractivity contribution in [3.63, 3.8) is 0 Å². The van der Waals surface area contributed by atoms with Crippen LogP contribution in [-0.2, 0) is 14.8 Å². The third-order valence-electron chi connectivity index (χ3n) is 5.48. The molecule has 0 bridgehead atoms. The second kappa shape index (κ2) is 12.7. The predicted molar refractivity (Wildman–Crippen MR) is 141 cm³/mol. The van der Waals surface area contributed by atoms with Gasteiger partial charge in [-0.2, -0.15) is 4.72 Å². The number of nitrogens with zero attached hydrogens (tertiary/aromatic N) is 2. The maximum atomic E-state index is 11.3. The molecule has 2 aromatic rings. The van der Waals surface area contributed by atoms with E-state index in [0.717, 1.165) is 46.7 Å². The molecule has 5 N–H and O–H groups in total. The Kier molecular flexibility index (Phi) is 11.0. The molecule has 2 rings (SSSR count). The van der Waals surface area contributed by atoms with Crippen LogP contribution in [0.3, 0.4) is 0 Å². The second-order valence-corrected chi connectivity index (χ2v) is 9.83. The summed E-state index contributed by atoms with van der Waals surface area (Å²) >= 11 is 0. The van der Waals surface area contributed by atoms with Gasteiger partial charge in [-0.1, -0.05) is 0 Å². The second-order valence-electron chi connectivity index (χ2n) is 8.05. The van der Waals surface area contributed by atoms with Crippen molar-refractivity contribution in [3.8, 4) is 0 Å². The lowest BCUT2D eigenvalue weighted by atomic mass is 10.1. The van der Waals surface area contributed by atoms with Crippen LogP contribution in [0.1, 0.15) is 38.8 Å². The van der Waals surface area contributed by atoms with Crippen molar-refractivity contribution < 1.29 is 13.2 Å². The van der Waals surface area contributed by atoms with Crippen molar-refractivity contribution in [3.05, 3.63) is 47.5 Å². The number of anilines is 4. The highest BCUT2D eigenvalue weighted by Crippen LogP contribution is 2.23. The number of nitrogens with one attached hydrogen (secondary N) is 1. The van der Waals surface area contributed by atoms with Crippen molar-refractivity contribution >= 4 is 32.8 Å². The molecule has 0 saturated carbocycles. The monoisotopic (exact) mass is 479 g/mol. The average Bonchev–Trinajstić information content (AvgIpc) is 2.73. The molecule has 9 heteroatoms. The maximum Gasteiger partial charge on any atom is 0.210 e. The maximum absolute atomic E-state index is 11.3. The minimum absolute atomic E-state index is 0.0815. The highest BCUT2D eigenvalue weighted by atomic mass is 32.2. The number of nitrogen functional groups attached to an aromatic ring is 2. The number of aryl methyl sites for hydroxylation is 2. The normalized spacial score (nSPS) is 13.0. The van der Waals surface area contributed by atoms with Crippen LogP contribution in [0.2, 0.25) is 0 Å². The topological polar surface area (TPSA) is 114 Å². The zero-order valence-electron chi connectivity index (χ0n) is 21.2. The smallest absolute Gasteiger partial charge is 0.210 e. The quantitative estimate of drug-likeness (QED) is 0.371. The molecule has 0 spiro atoms. The Morgan fingerprint density at radius 1 is 0.909 bits per heavy atom. The van der Waals surface area contributed by atoms with Gasteiger partial charge in [-0.05, 0) is 89.1 Å². The van der Waals surface area contributed by atoms with E-state index in [4.69, 9.17) is 16.2 Å². The van der Waals surface area contributed by atoms with E-state index >= 15 is 0 Å². The number of hydrogen-bond donors (Lipinski definition) is 3. The molecule has 0 aliphatic carbocycles. The third kappa shape index (κ3) is 8.75. The molecule has 0 aromatic heterocycles. The molecule has 0 radical (unpaired) electrons. The van der Waals surface area contributed by atoms with Crippen LogP contribution in [0.5, 0.6) is 0 Å². The Labute approximate surface area is 199 Å². The fourth-order valence-electron chi connectivity index (χ4n) is 3.51. The predicted octanol–water partition coefficient (Wildman–Crippen LogP) is 3.69. The largest absolute Gasteiger partial charge is 0.399 e. The summed E-state index contributed by atoms with van der Waals surface area (Å²) in [5.41, 5.74) is 17.3. The SMILES string of the molecule is CCN(c1ccc(N)c(C)c1)C(C)NS(C)(=O)=O.CCN(c1ccc(N)c(C)c1)C(C)OC. The number of methoxy groups -OCH3 is 1. The lowest BCUT2D eigenvalue weighted by Gasteiger charge is -2.30.